The number of non-ortho nitro benzene ring substituents is 1. The van der Waals surface area contributed by atoms with Crippen LogP contribution in [-0.2, 0) is 0 Å². The molecule has 7 nitrogen and oxygen atoms in total. The van der Waals surface area contributed by atoms with Crippen molar-refractivity contribution in [3.8, 4) is 0 Å². The molecule has 3 rings (SSSR count). The van der Waals surface area contributed by atoms with Gasteiger partial charge in [-0.25, -0.2) is 4.39 Å². The summed E-state index contributed by atoms with van der Waals surface area (Å²) < 4.78 is 13.9. The highest BCUT2D eigenvalue weighted by Gasteiger charge is 2.16. The molecule has 0 aliphatic carbocycles. The Labute approximate surface area is 165 Å². The largest absolute Gasteiger partial charge is 0.322 e. The third-order valence-electron chi connectivity index (χ3n) is 4.19. The minimum absolute atomic E-state index is 0.157. The average molecular weight is 393 g/mol. The second kappa shape index (κ2) is 8.30. The first-order valence-corrected chi connectivity index (χ1v) is 8.57. The van der Waals surface area contributed by atoms with Gasteiger partial charge in [-0.15, -0.1) is 0 Å². The zero-order valence-corrected chi connectivity index (χ0v) is 15.3. The predicted molar refractivity (Wildman–Crippen MR) is 107 cm³/mol. The molecule has 0 spiro atoms. The van der Waals surface area contributed by atoms with E-state index in [1.54, 1.807) is 43.3 Å². The normalized spacial score (nSPS) is 10.3. The Balaban J connectivity index is 1.82. The first kappa shape index (κ1) is 19.7. The van der Waals surface area contributed by atoms with E-state index < -0.39 is 16.6 Å². The van der Waals surface area contributed by atoms with Gasteiger partial charge in [0.1, 0.15) is 5.82 Å². The summed E-state index contributed by atoms with van der Waals surface area (Å²) in [5, 5.41) is 15.9. The van der Waals surface area contributed by atoms with Crippen molar-refractivity contribution in [1.29, 1.82) is 0 Å². The summed E-state index contributed by atoms with van der Waals surface area (Å²) in [6, 6.07) is 16.1. The standard InChI is InChI=1S/C21H16FN3O4/c1-13-7-8-15(11-18(13)23-20(26)14-5-3-2-4-6-14)21(27)24-19-12-16(25(28)29)9-10-17(19)22/h2-12H,1H3,(H,23,26)(H,24,27). The van der Waals surface area contributed by atoms with Gasteiger partial charge in [-0.3, -0.25) is 19.7 Å². The van der Waals surface area contributed by atoms with Gasteiger partial charge in [-0.2, -0.15) is 0 Å². The molecule has 0 saturated carbocycles. The van der Waals surface area contributed by atoms with Crippen LogP contribution in [0.1, 0.15) is 26.3 Å². The molecular formula is C21H16FN3O4. The quantitative estimate of drug-likeness (QED) is 0.490. The molecule has 0 aliphatic rings. The maximum Gasteiger partial charge on any atom is 0.271 e. The van der Waals surface area contributed by atoms with E-state index in [0.717, 1.165) is 23.8 Å². The lowest BCUT2D eigenvalue weighted by atomic mass is 10.1. The Hall–Kier alpha value is -4.07. The van der Waals surface area contributed by atoms with Crippen LogP contribution in [0.2, 0.25) is 0 Å². The second-order valence-electron chi connectivity index (χ2n) is 6.23. The number of nitro benzene ring substituents is 1. The molecule has 146 valence electrons. The van der Waals surface area contributed by atoms with Crippen molar-refractivity contribution in [2.24, 2.45) is 0 Å². The summed E-state index contributed by atoms with van der Waals surface area (Å²) in [6.07, 6.45) is 0. The molecule has 0 aromatic heterocycles. The number of halogens is 1. The summed E-state index contributed by atoms with van der Waals surface area (Å²) in [5.74, 6) is -1.80. The van der Waals surface area contributed by atoms with E-state index in [1.165, 1.54) is 12.1 Å². The van der Waals surface area contributed by atoms with E-state index in [2.05, 4.69) is 10.6 Å². The van der Waals surface area contributed by atoms with Crippen molar-refractivity contribution < 1.29 is 18.9 Å². The monoisotopic (exact) mass is 393 g/mol. The van der Waals surface area contributed by atoms with Crippen LogP contribution in [0.15, 0.2) is 66.7 Å². The van der Waals surface area contributed by atoms with Gasteiger partial charge in [0.15, 0.2) is 0 Å². The van der Waals surface area contributed by atoms with E-state index in [0.29, 0.717) is 11.3 Å². The summed E-state index contributed by atoms with van der Waals surface area (Å²) in [6.45, 7) is 1.77. The van der Waals surface area contributed by atoms with E-state index >= 15 is 0 Å². The van der Waals surface area contributed by atoms with Gasteiger partial charge in [-0.05, 0) is 42.8 Å². The second-order valence-corrected chi connectivity index (χ2v) is 6.23. The number of rotatable bonds is 5. The van der Waals surface area contributed by atoms with Crippen LogP contribution in [0.5, 0.6) is 0 Å². The number of nitrogens with zero attached hydrogens (tertiary/aromatic N) is 1. The molecule has 0 heterocycles. The van der Waals surface area contributed by atoms with Crippen molar-refractivity contribution in [2.45, 2.75) is 6.92 Å². The van der Waals surface area contributed by atoms with Crippen LogP contribution in [0.25, 0.3) is 0 Å². The Morgan fingerprint density at radius 2 is 1.52 bits per heavy atom. The van der Waals surface area contributed by atoms with Crippen LogP contribution >= 0.6 is 0 Å². The lowest BCUT2D eigenvalue weighted by Gasteiger charge is -2.11. The fourth-order valence-electron chi connectivity index (χ4n) is 2.60. The predicted octanol–water partition coefficient (Wildman–Crippen LogP) is 4.55. The van der Waals surface area contributed by atoms with E-state index in [1.807, 2.05) is 0 Å². The van der Waals surface area contributed by atoms with Gasteiger partial charge < -0.3 is 10.6 Å². The Morgan fingerprint density at radius 1 is 0.862 bits per heavy atom. The topological polar surface area (TPSA) is 101 Å². The van der Waals surface area contributed by atoms with Crippen LogP contribution in [0, 0.1) is 22.9 Å². The lowest BCUT2D eigenvalue weighted by Crippen LogP contribution is -2.16. The number of hydrogen-bond donors (Lipinski definition) is 2. The first-order valence-electron chi connectivity index (χ1n) is 8.57. The van der Waals surface area contributed by atoms with Crippen LogP contribution in [0.4, 0.5) is 21.5 Å². The van der Waals surface area contributed by atoms with Crippen LogP contribution in [0.3, 0.4) is 0 Å². The van der Waals surface area contributed by atoms with Crippen molar-refractivity contribution in [3.05, 3.63) is 99.4 Å². The maximum absolute atomic E-state index is 13.9. The summed E-state index contributed by atoms with van der Waals surface area (Å²) in [5.41, 5.74) is 1.12. The summed E-state index contributed by atoms with van der Waals surface area (Å²) >= 11 is 0. The van der Waals surface area contributed by atoms with Gasteiger partial charge in [0.25, 0.3) is 17.5 Å². The van der Waals surface area contributed by atoms with E-state index in [4.69, 9.17) is 0 Å². The molecule has 0 saturated heterocycles. The smallest absolute Gasteiger partial charge is 0.271 e. The maximum atomic E-state index is 13.9. The summed E-state index contributed by atoms with van der Waals surface area (Å²) in [7, 11) is 0. The molecule has 0 unspecified atom stereocenters. The molecule has 0 radical (unpaired) electrons. The SMILES string of the molecule is Cc1ccc(C(=O)Nc2cc([N+](=O)[O-])ccc2F)cc1NC(=O)c1ccccc1. The zero-order chi connectivity index (χ0) is 21.0. The highest BCUT2D eigenvalue weighted by Crippen LogP contribution is 2.23. The van der Waals surface area contributed by atoms with Crippen molar-refractivity contribution in [3.63, 3.8) is 0 Å². The molecule has 8 heteroatoms. The van der Waals surface area contributed by atoms with E-state index in [-0.39, 0.29) is 22.8 Å². The summed E-state index contributed by atoms with van der Waals surface area (Å²) in [4.78, 5) is 35.0. The first-order chi connectivity index (χ1) is 13.8. The van der Waals surface area contributed by atoms with Crippen molar-refractivity contribution >= 4 is 28.9 Å². The number of hydrogen-bond acceptors (Lipinski definition) is 4. The van der Waals surface area contributed by atoms with Gasteiger partial charge in [0.05, 0.1) is 10.6 Å². The molecule has 0 aliphatic heterocycles. The molecular weight excluding hydrogens is 377 g/mol. The minimum atomic E-state index is -0.798. The number of carbonyl (C=O) groups excluding carboxylic acids is 2. The number of benzene rings is 3. The van der Waals surface area contributed by atoms with Gasteiger partial charge in [-0.1, -0.05) is 24.3 Å². The van der Waals surface area contributed by atoms with Gasteiger partial charge in [0, 0.05) is 28.9 Å². The molecule has 3 aromatic carbocycles. The van der Waals surface area contributed by atoms with Gasteiger partial charge >= 0.3 is 0 Å². The minimum Gasteiger partial charge on any atom is -0.322 e. The van der Waals surface area contributed by atoms with Crippen LogP contribution < -0.4 is 10.6 Å². The molecule has 2 amide bonds. The number of nitrogens with one attached hydrogen (secondary N) is 2. The number of aryl methyl sites for hydroxylation is 1. The van der Waals surface area contributed by atoms with Gasteiger partial charge in [0.2, 0.25) is 0 Å². The van der Waals surface area contributed by atoms with E-state index in [9.17, 15) is 24.1 Å². The van der Waals surface area contributed by atoms with Crippen LogP contribution in [-0.4, -0.2) is 16.7 Å². The van der Waals surface area contributed by atoms with Crippen molar-refractivity contribution in [2.75, 3.05) is 10.6 Å². The Bertz CT molecular complexity index is 1100. The third kappa shape index (κ3) is 4.62. The third-order valence-corrected chi connectivity index (χ3v) is 4.19. The number of anilines is 2. The number of nitro groups is 1. The number of carbonyl (C=O) groups is 2. The Kier molecular flexibility index (Phi) is 5.64. The lowest BCUT2D eigenvalue weighted by molar-refractivity contribution is -0.384. The number of amides is 2. The van der Waals surface area contributed by atoms with Crippen molar-refractivity contribution in [1.82, 2.24) is 0 Å². The Morgan fingerprint density at radius 3 is 2.21 bits per heavy atom. The molecule has 0 fully saturated rings. The fraction of sp³-hybridized carbons (Fsp3) is 0.0476. The molecule has 3 aromatic rings. The molecule has 2 N–H and O–H groups in total. The highest BCUT2D eigenvalue weighted by atomic mass is 19.1. The molecule has 0 bridgehead atoms. The zero-order valence-electron chi connectivity index (χ0n) is 15.3. The fourth-order valence-corrected chi connectivity index (χ4v) is 2.60. The highest BCUT2D eigenvalue weighted by molar-refractivity contribution is 6.07. The molecule has 29 heavy (non-hydrogen) atoms. The average Bonchev–Trinajstić information content (AvgIpc) is 2.71. The molecule has 0 atom stereocenters.